The average molecular weight is 314 g/mol. The molecule has 1 aromatic heterocycles. The number of benzene rings is 1. The molecule has 0 aliphatic carbocycles. The summed E-state index contributed by atoms with van der Waals surface area (Å²) in [7, 11) is 0. The Morgan fingerprint density at radius 2 is 2.00 bits per heavy atom. The number of rotatable bonds is 5. The molecule has 7 heteroatoms. The van der Waals surface area contributed by atoms with Crippen LogP contribution in [0.5, 0.6) is 0 Å². The maximum atomic E-state index is 12.5. The molecule has 0 aliphatic rings. The van der Waals surface area contributed by atoms with Crippen LogP contribution in [0.25, 0.3) is 0 Å². The maximum absolute atomic E-state index is 12.5. The van der Waals surface area contributed by atoms with Crippen molar-refractivity contribution >= 4 is 17.4 Å². The third-order valence-electron chi connectivity index (χ3n) is 3.32. The van der Waals surface area contributed by atoms with Crippen LogP contribution in [-0.2, 0) is 6.54 Å². The number of hydrogen-bond acceptors (Lipinski definition) is 4. The fraction of sp³-hybridized carbons (Fsp3) is 0.250. The molecule has 0 aliphatic heterocycles. The highest BCUT2D eigenvalue weighted by Gasteiger charge is 2.21. The molecule has 0 radical (unpaired) electrons. The first kappa shape index (κ1) is 16.4. The molecule has 0 fully saturated rings. The molecule has 7 nitrogen and oxygen atoms in total. The summed E-state index contributed by atoms with van der Waals surface area (Å²) >= 11 is 0. The van der Waals surface area contributed by atoms with Gasteiger partial charge in [-0.15, -0.1) is 0 Å². The van der Waals surface area contributed by atoms with Crippen LogP contribution in [0.4, 0.5) is 16.2 Å². The number of nitrogens with one attached hydrogen (secondary N) is 1. The molecule has 0 spiro atoms. The minimum Gasteiger partial charge on any atom is -0.318 e. The molecule has 0 saturated carbocycles. The highest BCUT2D eigenvalue weighted by atomic mass is 16.6. The van der Waals surface area contributed by atoms with Gasteiger partial charge in [-0.25, -0.2) is 4.79 Å². The van der Waals surface area contributed by atoms with Gasteiger partial charge in [-0.2, -0.15) is 0 Å². The number of pyridine rings is 1. The Bertz CT molecular complexity index is 689. The predicted octanol–water partition coefficient (Wildman–Crippen LogP) is 3.43. The number of nitrogens with zero attached hydrogens (tertiary/aromatic N) is 3. The van der Waals surface area contributed by atoms with Gasteiger partial charge in [0.05, 0.1) is 4.92 Å². The summed E-state index contributed by atoms with van der Waals surface area (Å²) in [5.41, 5.74) is 0.888. The number of carbonyl (C=O) groups excluding carboxylic acids is 1. The van der Waals surface area contributed by atoms with Gasteiger partial charge in [-0.05, 0) is 25.5 Å². The Morgan fingerprint density at radius 3 is 2.61 bits per heavy atom. The van der Waals surface area contributed by atoms with Crippen molar-refractivity contribution in [2.75, 3.05) is 5.32 Å². The van der Waals surface area contributed by atoms with Gasteiger partial charge < -0.3 is 10.2 Å². The number of anilines is 1. The molecule has 0 unspecified atom stereocenters. The van der Waals surface area contributed by atoms with Gasteiger partial charge in [0, 0.05) is 18.8 Å². The van der Waals surface area contributed by atoms with Gasteiger partial charge in [-0.3, -0.25) is 15.1 Å². The number of aromatic nitrogens is 1. The average Bonchev–Trinajstić information content (AvgIpc) is 2.53. The molecule has 120 valence electrons. The van der Waals surface area contributed by atoms with E-state index in [0.717, 1.165) is 11.8 Å². The molecule has 2 amide bonds. The zero-order chi connectivity index (χ0) is 16.8. The second kappa shape index (κ2) is 7.35. The van der Waals surface area contributed by atoms with Crippen LogP contribution in [0.2, 0.25) is 0 Å². The zero-order valence-electron chi connectivity index (χ0n) is 13.0. The van der Waals surface area contributed by atoms with Gasteiger partial charge in [0.1, 0.15) is 11.9 Å². The molecule has 23 heavy (non-hydrogen) atoms. The number of hydrogen-bond donors (Lipinski definition) is 1. The molecule has 0 bridgehead atoms. The summed E-state index contributed by atoms with van der Waals surface area (Å²) in [5, 5.41) is 13.6. The quantitative estimate of drug-likeness (QED) is 0.676. The van der Waals surface area contributed by atoms with E-state index in [-0.39, 0.29) is 17.4 Å². The third-order valence-corrected chi connectivity index (χ3v) is 3.32. The Kier molecular flexibility index (Phi) is 5.24. The van der Waals surface area contributed by atoms with Crippen LogP contribution in [0.15, 0.2) is 48.8 Å². The van der Waals surface area contributed by atoms with Gasteiger partial charge in [0.2, 0.25) is 0 Å². The number of amides is 2. The van der Waals surface area contributed by atoms with Gasteiger partial charge >= 0.3 is 11.7 Å². The summed E-state index contributed by atoms with van der Waals surface area (Å²) in [6.07, 6.45) is 2.52. The van der Waals surface area contributed by atoms with E-state index in [4.69, 9.17) is 0 Å². The van der Waals surface area contributed by atoms with Crippen LogP contribution in [-0.4, -0.2) is 26.9 Å². The largest absolute Gasteiger partial charge is 0.322 e. The van der Waals surface area contributed by atoms with Crippen LogP contribution in [0, 0.1) is 10.1 Å². The zero-order valence-corrected chi connectivity index (χ0v) is 13.0. The lowest BCUT2D eigenvalue weighted by atomic mass is 10.2. The SMILES string of the molecule is CC(C)N(Cc1ccccc1)C(=O)Nc1ccncc1[N+](=O)[O-]. The highest BCUT2D eigenvalue weighted by Crippen LogP contribution is 2.23. The van der Waals surface area contributed by atoms with Crippen molar-refractivity contribution in [1.29, 1.82) is 0 Å². The summed E-state index contributed by atoms with van der Waals surface area (Å²) in [6, 6.07) is 10.5. The van der Waals surface area contributed by atoms with Crippen LogP contribution < -0.4 is 5.32 Å². The molecule has 1 N–H and O–H groups in total. The van der Waals surface area contributed by atoms with Crippen molar-refractivity contribution in [2.24, 2.45) is 0 Å². The first-order valence-corrected chi connectivity index (χ1v) is 7.19. The van der Waals surface area contributed by atoms with Crippen molar-refractivity contribution in [1.82, 2.24) is 9.88 Å². The molecule has 0 atom stereocenters. The Labute approximate surface area is 134 Å². The van der Waals surface area contributed by atoms with E-state index in [1.807, 2.05) is 44.2 Å². The second-order valence-corrected chi connectivity index (χ2v) is 5.29. The van der Waals surface area contributed by atoms with E-state index in [9.17, 15) is 14.9 Å². The lowest BCUT2D eigenvalue weighted by Crippen LogP contribution is -2.39. The van der Waals surface area contributed by atoms with E-state index < -0.39 is 11.0 Å². The lowest BCUT2D eigenvalue weighted by molar-refractivity contribution is -0.384. The van der Waals surface area contributed by atoms with E-state index in [1.54, 1.807) is 4.90 Å². The van der Waals surface area contributed by atoms with Crippen molar-refractivity contribution in [3.8, 4) is 0 Å². The Hall–Kier alpha value is -2.96. The van der Waals surface area contributed by atoms with Gasteiger partial charge in [-0.1, -0.05) is 30.3 Å². The third kappa shape index (κ3) is 4.26. The van der Waals surface area contributed by atoms with Gasteiger partial charge in [0.15, 0.2) is 0 Å². The first-order chi connectivity index (χ1) is 11.0. The van der Waals surface area contributed by atoms with E-state index in [0.29, 0.717) is 6.54 Å². The summed E-state index contributed by atoms with van der Waals surface area (Å²) < 4.78 is 0. The maximum Gasteiger partial charge on any atom is 0.322 e. The van der Waals surface area contributed by atoms with Crippen LogP contribution >= 0.6 is 0 Å². The van der Waals surface area contributed by atoms with E-state index >= 15 is 0 Å². The first-order valence-electron chi connectivity index (χ1n) is 7.19. The minimum absolute atomic E-state index is 0.0592. The number of urea groups is 1. The van der Waals surface area contributed by atoms with E-state index in [1.165, 1.54) is 12.3 Å². The summed E-state index contributed by atoms with van der Waals surface area (Å²) in [5.74, 6) is 0. The summed E-state index contributed by atoms with van der Waals surface area (Å²) in [4.78, 5) is 28.3. The predicted molar refractivity (Wildman–Crippen MR) is 87.0 cm³/mol. The molecule has 0 saturated heterocycles. The lowest BCUT2D eigenvalue weighted by Gasteiger charge is -2.27. The van der Waals surface area contributed by atoms with Crippen molar-refractivity contribution < 1.29 is 9.72 Å². The molecule has 1 heterocycles. The Morgan fingerprint density at radius 1 is 1.30 bits per heavy atom. The highest BCUT2D eigenvalue weighted by molar-refractivity contribution is 5.91. The van der Waals surface area contributed by atoms with E-state index in [2.05, 4.69) is 10.3 Å². The monoisotopic (exact) mass is 314 g/mol. The smallest absolute Gasteiger partial charge is 0.318 e. The topological polar surface area (TPSA) is 88.4 Å². The molecule has 2 aromatic rings. The molecular weight excluding hydrogens is 296 g/mol. The van der Waals surface area contributed by atoms with Crippen molar-refractivity contribution in [3.05, 3.63) is 64.5 Å². The van der Waals surface area contributed by atoms with Crippen molar-refractivity contribution in [3.63, 3.8) is 0 Å². The molecular formula is C16H18N4O3. The number of nitro groups is 1. The summed E-state index contributed by atoms with van der Waals surface area (Å²) in [6.45, 7) is 4.20. The minimum atomic E-state index is -0.570. The van der Waals surface area contributed by atoms with Crippen LogP contribution in [0.3, 0.4) is 0 Å². The number of carbonyl (C=O) groups is 1. The molecule has 2 rings (SSSR count). The second-order valence-electron chi connectivity index (χ2n) is 5.29. The fourth-order valence-electron chi connectivity index (χ4n) is 2.09. The Balaban J connectivity index is 2.18. The van der Waals surface area contributed by atoms with Crippen molar-refractivity contribution in [2.45, 2.75) is 26.4 Å². The van der Waals surface area contributed by atoms with Crippen LogP contribution in [0.1, 0.15) is 19.4 Å². The fourth-order valence-corrected chi connectivity index (χ4v) is 2.09. The normalized spacial score (nSPS) is 10.4. The standard InChI is InChI=1S/C16H18N4O3/c1-12(2)19(11-13-6-4-3-5-7-13)16(21)18-14-8-9-17-10-15(14)20(22)23/h3-10,12H,11H2,1-2H3,(H,17,18,21). The van der Waals surface area contributed by atoms with Gasteiger partial charge in [0.25, 0.3) is 0 Å². The molecule has 1 aromatic carbocycles.